The minimum Gasteiger partial charge on any atom is -0.468 e. The Kier molecular flexibility index (Phi) is 5.43. The van der Waals surface area contributed by atoms with E-state index in [1.807, 2.05) is 17.5 Å². The van der Waals surface area contributed by atoms with Crippen LogP contribution in [0.3, 0.4) is 0 Å². The highest BCUT2D eigenvalue weighted by molar-refractivity contribution is 7.09. The van der Waals surface area contributed by atoms with Crippen LogP contribution in [0.1, 0.15) is 16.5 Å². The molecule has 2 rings (SSSR count). The van der Waals surface area contributed by atoms with Gasteiger partial charge in [0, 0.05) is 11.4 Å². The second-order valence-corrected chi connectivity index (χ2v) is 5.94. The van der Waals surface area contributed by atoms with E-state index in [1.165, 1.54) is 7.11 Å². The molecule has 0 aliphatic carbocycles. The van der Waals surface area contributed by atoms with Crippen molar-refractivity contribution in [3.05, 3.63) is 56.2 Å². The maximum atomic E-state index is 11.9. The summed E-state index contributed by atoms with van der Waals surface area (Å²) in [6.45, 7) is 0.581. The Balaban J connectivity index is 2.18. The molecule has 1 aromatic carbocycles. The van der Waals surface area contributed by atoms with Crippen molar-refractivity contribution in [2.75, 3.05) is 7.11 Å². The molecule has 0 saturated carbocycles. The summed E-state index contributed by atoms with van der Waals surface area (Å²) in [5, 5.41) is 6.03. The predicted molar refractivity (Wildman–Crippen MR) is 82.4 cm³/mol. The van der Waals surface area contributed by atoms with Gasteiger partial charge in [-0.1, -0.05) is 35.3 Å². The summed E-state index contributed by atoms with van der Waals surface area (Å²) >= 11 is 13.5. The van der Waals surface area contributed by atoms with Crippen LogP contribution in [-0.4, -0.2) is 13.1 Å². The van der Waals surface area contributed by atoms with Gasteiger partial charge in [-0.25, -0.2) is 4.79 Å². The van der Waals surface area contributed by atoms with Crippen LogP contribution >= 0.6 is 34.5 Å². The molecule has 0 aliphatic rings. The van der Waals surface area contributed by atoms with Crippen LogP contribution in [0.5, 0.6) is 0 Å². The average molecular weight is 330 g/mol. The van der Waals surface area contributed by atoms with Crippen molar-refractivity contribution in [3.8, 4) is 0 Å². The summed E-state index contributed by atoms with van der Waals surface area (Å²) < 4.78 is 4.83. The minimum absolute atomic E-state index is 0.361. The van der Waals surface area contributed by atoms with Crippen molar-refractivity contribution in [2.24, 2.45) is 0 Å². The lowest BCUT2D eigenvalue weighted by molar-refractivity contribution is -0.143. The fourth-order valence-electron chi connectivity index (χ4n) is 1.76. The second-order valence-electron chi connectivity index (χ2n) is 4.09. The Morgan fingerprint density at radius 3 is 2.75 bits per heavy atom. The predicted octanol–water partition coefficient (Wildman–Crippen LogP) is 4.06. The first kappa shape index (κ1) is 15.3. The molecule has 1 aromatic heterocycles. The molecule has 106 valence electrons. The van der Waals surface area contributed by atoms with Gasteiger partial charge < -0.3 is 4.74 Å². The van der Waals surface area contributed by atoms with E-state index in [1.54, 1.807) is 29.5 Å². The van der Waals surface area contributed by atoms with Gasteiger partial charge in [0.2, 0.25) is 0 Å². The SMILES string of the molecule is COC(=O)C(NCc1cccs1)c1ccc(Cl)c(Cl)c1. The van der Waals surface area contributed by atoms with Gasteiger partial charge in [0.25, 0.3) is 0 Å². The van der Waals surface area contributed by atoms with Gasteiger partial charge in [-0.15, -0.1) is 11.3 Å². The molecule has 2 aromatic rings. The van der Waals surface area contributed by atoms with Gasteiger partial charge in [-0.05, 0) is 29.1 Å². The Labute approximate surface area is 131 Å². The normalized spacial score (nSPS) is 12.2. The van der Waals surface area contributed by atoms with Crippen molar-refractivity contribution in [2.45, 2.75) is 12.6 Å². The lowest BCUT2D eigenvalue weighted by Crippen LogP contribution is -2.29. The van der Waals surface area contributed by atoms with Gasteiger partial charge in [0.1, 0.15) is 6.04 Å². The largest absolute Gasteiger partial charge is 0.468 e. The first-order valence-corrected chi connectivity index (χ1v) is 7.54. The molecule has 1 N–H and O–H groups in total. The molecule has 0 saturated heterocycles. The number of halogens is 2. The lowest BCUT2D eigenvalue weighted by atomic mass is 10.1. The Bertz CT molecular complexity index is 587. The molecule has 0 bridgehead atoms. The molecule has 0 radical (unpaired) electrons. The zero-order valence-electron chi connectivity index (χ0n) is 10.7. The second kappa shape index (κ2) is 7.09. The third-order valence-corrected chi connectivity index (χ3v) is 4.39. The monoisotopic (exact) mass is 329 g/mol. The standard InChI is InChI=1S/C14H13Cl2NO2S/c1-19-14(18)13(17-8-10-3-2-6-20-10)9-4-5-11(15)12(16)7-9/h2-7,13,17H,8H2,1H3. The van der Waals surface area contributed by atoms with Gasteiger partial charge in [-0.2, -0.15) is 0 Å². The summed E-state index contributed by atoms with van der Waals surface area (Å²) in [6, 6.07) is 8.50. The highest BCUT2D eigenvalue weighted by Gasteiger charge is 2.21. The number of benzene rings is 1. The molecule has 1 heterocycles. The lowest BCUT2D eigenvalue weighted by Gasteiger charge is -2.17. The van der Waals surface area contributed by atoms with Crippen LogP contribution in [0.2, 0.25) is 10.0 Å². The zero-order chi connectivity index (χ0) is 14.5. The van der Waals surface area contributed by atoms with Crippen molar-refractivity contribution in [3.63, 3.8) is 0 Å². The minimum atomic E-state index is -0.572. The smallest absolute Gasteiger partial charge is 0.327 e. The molecular formula is C14H13Cl2NO2S. The molecule has 0 fully saturated rings. The van der Waals surface area contributed by atoms with Crippen LogP contribution in [0.25, 0.3) is 0 Å². The summed E-state index contributed by atoms with van der Waals surface area (Å²) in [4.78, 5) is 13.0. The molecule has 0 spiro atoms. The fraction of sp³-hybridized carbons (Fsp3) is 0.214. The van der Waals surface area contributed by atoms with Crippen LogP contribution in [-0.2, 0) is 16.1 Å². The van der Waals surface area contributed by atoms with Crippen LogP contribution in [0.15, 0.2) is 35.7 Å². The van der Waals surface area contributed by atoms with Crippen molar-refractivity contribution in [1.29, 1.82) is 0 Å². The molecular weight excluding hydrogens is 317 g/mol. The quantitative estimate of drug-likeness (QED) is 0.840. The Morgan fingerprint density at radius 2 is 2.15 bits per heavy atom. The van der Waals surface area contributed by atoms with Crippen molar-refractivity contribution < 1.29 is 9.53 Å². The van der Waals surface area contributed by atoms with E-state index in [0.717, 1.165) is 10.4 Å². The number of rotatable bonds is 5. The molecule has 6 heteroatoms. The number of methoxy groups -OCH3 is 1. The third kappa shape index (κ3) is 3.73. The Hall–Kier alpha value is -1.07. The van der Waals surface area contributed by atoms with Crippen LogP contribution in [0.4, 0.5) is 0 Å². The van der Waals surface area contributed by atoms with E-state index < -0.39 is 6.04 Å². The number of esters is 1. The average Bonchev–Trinajstić information content (AvgIpc) is 2.95. The van der Waals surface area contributed by atoms with Gasteiger partial charge in [0.05, 0.1) is 17.2 Å². The van der Waals surface area contributed by atoms with Gasteiger partial charge in [-0.3, -0.25) is 5.32 Å². The molecule has 1 atom stereocenters. The number of hydrogen-bond donors (Lipinski definition) is 1. The maximum absolute atomic E-state index is 11.9. The first-order chi connectivity index (χ1) is 9.61. The topological polar surface area (TPSA) is 38.3 Å². The summed E-state index contributed by atoms with van der Waals surface area (Å²) in [5.74, 6) is -0.361. The molecule has 20 heavy (non-hydrogen) atoms. The summed E-state index contributed by atoms with van der Waals surface area (Å²) in [5.41, 5.74) is 0.725. The molecule has 0 aliphatic heterocycles. The third-order valence-electron chi connectivity index (χ3n) is 2.77. The van der Waals surface area contributed by atoms with Crippen molar-refractivity contribution >= 4 is 40.5 Å². The Morgan fingerprint density at radius 1 is 1.35 bits per heavy atom. The number of carbonyl (C=O) groups is 1. The summed E-state index contributed by atoms with van der Waals surface area (Å²) in [7, 11) is 1.36. The van der Waals surface area contributed by atoms with E-state index in [2.05, 4.69) is 5.32 Å². The van der Waals surface area contributed by atoms with E-state index in [0.29, 0.717) is 16.6 Å². The maximum Gasteiger partial charge on any atom is 0.327 e. The van der Waals surface area contributed by atoms with E-state index in [9.17, 15) is 4.79 Å². The van der Waals surface area contributed by atoms with E-state index >= 15 is 0 Å². The number of thiophene rings is 1. The van der Waals surface area contributed by atoms with Crippen molar-refractivity contribution in [1.82, 2.24) is 5.32 Å². The summed E-state index contributed by atoms with van der Waals surface area (Å²) in [6.07, 6.45) is 0. The van der Waals surface area contributed by atoms with Gasteiger partial charge >= 0.3 is 5.97 Å². The van der Waals surface area contributed by atoms with Crippen LogP contribution in [0, 0.1) is 0 Å². The van der Waals surface area contributed by atoms with E-state index in [4.69, 9.17) is 27.9 Å². The highest BCUT2D eigenvalue weighted by Crippen LogP contribution is 2.26. The van der Waals surface area contributed by atoms with Gasteiger partial charge in [0.15, 0.2) is 0 Å². The number of carbonyl (C=O) groups excluding carboxylic acids is 1. The zero-order valence-corrected chi connectivity index (χ0v) is 13.1. The number of ether oxygens (including phenoxy) is 1. The first-order valence-electron chi connectivity index (χ1n) is 5.90. The molecule has 1 unspecified atom stereocenters. The molecule has 0 amide bonds. The van der Waals surface area contributed by atoms with Crippen LogP contribution < -0.4 is 5.32 Å². The molecule has 3 nitrogen and oxygen atoms in total. The van der Waals surface area contributed by atoms with E-state index in [-0.39, 0.29) is 5.97 Å². The number of nitrogens with one attached hydrogen (secondary N) is 1. The highest BCUT2D eigenvalue weighted by atomic mass is 35.5. The number of hydrogen-bond acceptors (Lipinski definition) is 4. The fourth-order valence-corrected chi connectivity index (χ4v) is 2.73.